The standard InChI is InChI=1S/C17H23N3O4/c1-3-18-9-8-12-4-5-14(11-18)19(12)13-6-7-16(20(22)23)15(10-13)17(21)24-2/h6-7,10,12,14H,3-5,8-9,11H2,1-2H3. The summed E-state index contributed by atoms with van der Waals surface area (Å²) in [4.78, 5) is 27.4. The second-order valence-corrected chi connectivity index (χ2v) is 6.42. The van der Waals surface area contributed by atoms with E-state index in [4.69, 9.17) is 4.74 Å². The zero-order valence-corrected chi connectivity index (χ0v) is 14.1. The Bertz CT molecular complexity index is 649. The highest BCUT2D eigenvalue weighted by molar-refractivity contribution is 5.95. The van der Waals surface area contributed by atoms with Gasteiger partial charge in [-0.2, -0.15) is 0 Å². The van der Waals surface area contributed by atoms with Gasteiger partial charge in [0, 0.05) is 36.9 Å². The summed E-state index contributed by atoms with van der Waals surface area (Å²) in [5.41, 5.74) is 0.699. The molecule has 0 spiro atoms. The highest BCUT2D eigenvalue weighted by Crippen LogP contribution is 2.36. The highest BCUT2D eigenvalue weighted by atomic mass is 16.6. The van der Waals surface area contributed by atoms with E-state index in [0.717, 1.165) is 44.6 Å². The summed E-state index contributed by atoms with van der Waals surface area (Å²) in [6, 6.07) is 5.63. The van der Waals surface area contributed by atoms with E-state index >= 15 is 0 Å². The maximum atomic E-state index is 12.0. The van der Waals surface area contributed by atoms with Crippen LogP contribution in [0.1, 0.15) is 36.5 Å². The van der Waals surface area contributed by atoms with E-state index in [1.54, 1.807) is 12.1 Å². The lowest BCUT2D eigenvalue weighted by Crippen LogP contribution is -2.39. The third kappa shape index (κ3) is 2.96. The number of esters is 1. The van der Waals surface area contributed by atoms with E-state index in [-0.39, 0.29) is 11.3 Å². The zero-order chi connectivity index (χ0) is 17.3. The zero-order valence-electron chi connectivity index (χ0n) is 14.1. The molecule has 3 rings (SSSR count). The highest BCUT2D eigenvalue weighted by Gasteiger charge is 2.37. The number of rotatable bonds is 4. The van der Waals surface area contributed by atoms with Crippen molar-refractivity contribution in [2.45, 2.75) is 38.3 Å². The van der Waals surface area contributed by atoms with Crippen LogP contribution in [0.4, 0.5) is 11.4 Å². The van der Waals surface area contributed by atoms with E-state index in [1.165, 1.54) is 13.2 Å². The van der Waals surface area contributed by atoms with Gasteiger partial charge in [-0.1, -0.05) is 6.92 Å². The van der Waals surface area contributed by atoms with E-state index in [2.05, 4.69) is 16.7 Å². The maximum Gasteiger partial charge on any atom is 0.344 e. The second-order valence-electron chi connectivity index (χ2n) is 6.42. The molecule has 2 atom stereocenters. The van der Waals surface area contributed by atoms with Gasteiger partial charge in [0.2, 0.25) is 0 Å². The number of carbonyl (C=O) groups excluding carboxylic acids is 1. The Balaban J connectivity index is 1.97. The summed E-state index contributed by atoms with van der Waals surface area (Å²) in [6.45, 7) is 5.28. The average Bonchev–Trinajstić information content (AvgIpc) is 2.88. The fourth-order valence-corrected chi connectivity index (χ4v) is 3.97. The lowest BCUT2D eigenvalue weighted by molar-refractivity contribution is -0.385. The van der Waals surface area contributed by atoms with Gasteiger partial charge in [-0.05, 0) is 37.9 Å². The number of likely N-dealkylation sites (tertiary alicyclic amines) is 1. The number of nitro groups is 1. The summed E-state index contributed by atoms with van der Waals surface area (Å²) < 4.78 is 4.73. The van der Waals surface area contributed by atoms with E-state index in [1.807, 2.05) is 0 Å². The molecule has 0 amide bonds. The smallest absolute Gasteiger partial charge is 0.344 e. The van der Waals surface area contributed by atoms with Crippen LogP contribution in [0, 0.1) is 10.1 Å². The van der Waals surface area contributed by atoms with Crippen LogP contribution >= 0.6 is 0 Å². The predicted molar refractivity (Wildman–Crippen MR) is 90.5 cm³/mol. The Morgan fingerprint density at radius 1 is 1.33 bits per heavy atom. The number of likely N-dealkylation sites (N-methyl/N-ethyl adjacent to an activating group) is 1. The van der Waals surface area contributed by atoms with Gasteiger partial charge in [-0.15, -0.1) is 0 Å². The topological polar surface area (TPSA) is 75.9 Å². The Hall–Kier alpha value is -2.15. The molecule has 2 bridgehead atoms. The van der Waals surface area contributed by atoms with E-state index in [9.17, 15) is 14.9 Å². The van der Waals surface area contributed by atoms with Crippen LogP contribution in [-0.4, -0.2) is 54.6 Å². The Kier molecular flexibility index (Phi) is 4.71. The van der Waals surface area contributed by atoms with Crippen molar-refractivity contribution in [1.82, 2.24) is 4.90 Å². The van der Waals surface area contributed by atoms with Gasteiger partial charge < -0.3 is 14.5 Å². The Morgan fingerprint density at radius 3 is 2.75 bits per heavy atom. The molecule has 130 valence electrons. The van der Waals surface area contributed by atoms with E-state index in [0.29, 0.717) is 12.1 Å². The Labute approximate surface area is 141 Å². The minimum atomic E-state index is -0.666. The molecule has 7 nitrogen and oxygen atoms in total. The van der Waals surface area contributed by atoms with Crippen molar-refractivity contribution in [2.24, 2.45) is 0 Å². The van der Waals surface area contributed by atoms with Gasteiger partial charge in [-0.25, -0.2) is 4.79 Å². The van der Waals surface area contributed by atoms with Gasteiger partial charge in [-0.3, -0.25) is 10.1 Å². The first kappa shape index (κ1) is 16.7. The molecule has 2 heterocycles. The van der Waals surface area contributed by atoms with Crippen molar-refractivity contribution in [2.75, 3.05) is 31.6 Å². The molecule has 0 saturated carbocycles. The van der Waals surface area contributed by atoms with Crippen LogP contribution in [0.5, 0.6) is 0 Å². The first-order valence-electron chi connectivity index (χ1n) is 8.42. The minimum absolute atomic E-state index is 0.0241. The normalized spacial score (nSPS) is 23.8. The molecule has 0 N–H and O–H groups in total. The molecule has 2 fully saturated rings. The number of anilines is 1. The van der Waals surface area contributed by atoms with Crippen molar-refractivity contribution in [3.05, 3.63) is 33.9 Å². The summed E-state index contributed by atoms with van der Waals surface area (Å²) in [5, 5.41) is 11.2. The molecule has 1 aromatic rings. The van der Waals surface area contributed by atoms with Crippen molar-refractivity contribution in [1.29, 1.82) is 0 Å². The van der Waals surface area contributed by atoms with Crippen molar-refractivity contribution < 1.29 is 14.5 Å². The molecular formula is C17H23N3O4. The lowest BCUT2D eigenvalue weighted by atomic mass is 10.1. The van der Waals surface area contributed by atoms with Gasteiger partial charge in [0.1, 0.15) is 5.56 Å². The van der Waals surface area contributed by atoms with Crippen LogP contribution in [0.2, 0.25) is 0 Å². The molecule has 2 unspecified atom stereocenters. The van der Waals surface area contributed by atoms with Gasteiger partial charge in [0.05, 0.1) is 12.0 Å². The lowest BCUT2D eigenvalue weighted by Gasteiger charge is -2.31. The van der Waals surface area contributed by atoms with Crippen molar-refractivity contribution >= 4 is 17.3 Å². The SMILES string of the molecule is CCN1CCC2CCC(C1)N2c1ccc([N+](=O)[O-])c(C(=O)OC)c1. The molecule has 0 aliphatic carbocycles. The third-order valence-corrected chi connectivity index (χ3v) is 5.19. The molecule has 2 saturated heterocycles. The van der Waals surface area contributed by atoms with Crippen LogP contribution in [-0.2, 0) is 4.74 Å². The molecule has 0 aromatic heterocycles. The first-order chi connectivity index (χ1) is 11.5. The van der Waals surface area contributed by atoms with Crippen molar-refractivity contribution in [3.8, 4) is 0 Å². The number of methoxy groups -OCH3 is 1. The molecule has 2 aliphatic rings. The number of carbonyl (C=O) groups is 1. The quantitative estimate of drug-likeness (QED) is 0.478. The van der Waals surface area contributed by atoms with Crippen LogP contribution in [0.25, 0.3) is 0 Å². The minimum Gasteiger partial charge on any atom is -0.465 e. The molecule has 7 heteroatoms. The molecule has 2 aliphatic heterocycles. The van der Waals surface area contributed by atoms with E-state index < -0.39 is 10.9 Å². The fourth-order valence-electron chi connectivity index (χ4n) is 3.97. The summed E-state index contributed by atoms with van der Waals surface area (Å²) in [7, 11) is 1.24. The van der Waals surface area contributed by atoms with Gasteiger partial charge in [0.25, 0.3) is 5.69 Å². The molecule has 1 aromatic carbocycles. The number of nitrogens with zero attached hydrogens (tertiary/aromatic N) is 3. The second kappa shape index (κ2) is 6.76. The Morgan fingerprint density at radius 2 is 2.08 bits per heavy atom. The molecule has 24 heavy (non-hydrogen) atoms. The third-order valence-electron chi connectivity index (χ3n) is 5.19. The number of nitro benzene ring substituents is 1. The number of fused-ring (bicyclic) bond motifs is 2. The first-order valence-corrected chi connectivity index (χ1v) is 8.42. The largest absolute Gasteiger partial charge is 0.465 e. The maximum absolute atomic E-state index is 12.0. The number of hydrogen-bond acceptors (Lipinski definition) is 6. The summed E-state index contributed by atoms with van der Waals surface area (Å²) in [6.07, 6.45) is 3.33. The number of ether oxygens (including phenoxy) is 1. The number of benzene rings is 1. The van der Waals surface area contributed by atoms with Crippen LogP contribution in [0.15, 0.2) is 18.2 Å². The van der Waals surface area contributed by atoms with Crippen LogP contribution in [0.3, 0.4) is 0 Å². The molecule has 0 radical (unpaired) electrons. The predicted octanol–water partition coefficient (Wildman–Crippen LogP) is 2.44. The van der Waals surface area contributed by atoms with Crippen molar-refractivity contribution in [3.63, 3.8) is 0 Å². The van der Waals surface area contributed by atoms with Gasteiger partial charge in [0.15, 0.2) is 0 Å². The summed E-state index contributed by atoms with van der Waals surface area (Å²) in [5.74, 6) is -0.666. The van der Waals surface area contributed by atoms with Crippen LogP contribution < -0.4 is 4.90 Å². The number of hydrogen-bond donors (Lipinski definition) is 0. The summed E-state index contributed by atoms with van der Waals surface area (Å²) >= 11 is 0. The molecular weight excluding hydrogens is 310 g/mol. The average molecular weight is 333 g/mol. The van der Waals surface area contributed by atoms with Gasteiger partial charge >= 0.3 is 5.97 Å². The monoisotopic (exact) mass is 333 g/mol. The fraction of sp³-hybridized carbons (Fsp3) is 0.588.